The maximum absolute atomic E-state index is 12.3. The molecular weight excluding hydrogens is 636 g/mol. The molecule has 2 saturated heterocycles. The first kappa shape index (κ1) is 37.0. The molecule has 3 rings (SSSR count). The van der Waals surface area contributed by atoms with Gasteiger partial charge in [0.15, 0.2) is 24.6 Å². The number of aliphatic hydroxyl groups is 2. The van der Waals surface area contributed by atoms with Gasteiger partial charge in [-0.15, -0.1) is 0 Å². The molecule has 0 radical (unpaired) electrons. The Morgan fingerprint density at radius 3 is 1.87 bits per heavy atom. The van der Waals surface area contributed by atoms with Crippen LogP contribution in [-0.4, -0.2) is 119 Å². The van der Waals surface area contributed by atoms with Crippen molar-refractivity contribution < 1.29 is 77.0 Å². The Morgan fingerprint density at radius 1 is 0.809 bits per heavy atom. The predicted octanol–water partition coefficient (Wildman–Crippen LogP) is -0.975. The number of nitro groups is 1. The van der Waals surface area contributed by atoms with Crippen molar-refractivity contribution in [1.29, 1.82) is 0 Å². The number of nitro benzene ring substituents is 1. The molecular formula is C28H36N2O17. The van der Waals surface area contributed by atoms with E-state index in [0.29, 0.717) is 0 Å². The molecule has 1 aromatic carbocycles. The molecule has 6 unspecified atom stereocenters. The van der Waals surface area contributed by atoms with Gasteiger partial charge in [-0.1, -0.05) is 0 Å². The van der Waals surface area contributed by atoms with Crippen molar-refractivity contribution in [3.8, 4) is 5.75 Å². The number of non-ortho nitro benzene ring substituents is 1. The van der Waals surface area contributed by atoms with E-state index < -0.39 is 109 Å². The molecule has 1 aromatic rings. The van der Waals surface area contributed by atoms with Crippen molar-refractivity contribution in [3.05, 3.63) is 34.4 Å². The Morgan fingerprint density at radius 2 is 1.36 bits per heavy atom. The number of ether oxygens (including phenoxy) is 8. The number of carbonyl (C=O) groups excluding carboxylic acids is 5. The first-order chi connectivity index (χ1) is 22.1. The van der Waals surface area contributed by atoms with Crippen LogP contribution in [0.5, 0.6) is 5.75 Å². The molecule has 2 aliphatic rings. The minimum Gasteiger partial charge on any atom is -0.463 e. The van der Waals surface area contributed by atoms with Gasteiger partial charge in [-0.25, -0.2) is 0 Å². The Kier molecular flexibility index (Phi) is 12.9. The lowest BCUT2D eigenvalue weighted by Gasteiger charge is -2.48. The standard InChI is InChI=1S/C28H36N2O17/c1-12(32)29-21-24(22(37)19(10-31)45-27(21)44-18-8-6-17(7-9-18)30(38)39)47-28-26(43-16(5)36)25(42-15(4)35)23(41-14(3)34)20(46-28)11-40-13(2)33/h6-9,19-28,31,37H,10-11H2,1-5H3,(H,29,32)/t19?,20?,21?,22-,23-,24?,25?,26?,27-,28-/m0/s1. The summed E-state index contributed by atoms with van der Waals surface area (Å²) in [7, 11) is 0. The molecule has 0 bridgehead atoms. The van der Waals surface area contributed by atoms with Gasteiger partial charge in [-0.2, -0.15) is 0 Å². The van der Waals surface area contributed by atoms with E-state index in [4.69, 9.17) is 37.9 Å². The van der Waals surface area contributed by atoms with Crippen molar-refractivity contribution in [2.24, 2.45) is 0 Å². The second-order valence-corrected chi connectivity index (χ2v) is 10.5. The summed E-state index contributed by atoms with van der Waals surface area (Å²) in [6.07, 6.45) is -14.1. The second-order valence-electron chi connectivity index (χ2n) is 10.5. The van der Waals surface area contributed by atoms with E-state index in [9.17, 15) is 44.3 Å². The van der Waals surface area contributed by atoms with E-state index in [1.54, 1.807) is 0 Å². The normalized spacial score (nSPS) is 30.3. The molecule has 3 N–H and O–H groups in total. The monoisotopic (exact) mass is 672 g/mol. The summed E-state index contributed by atoms with van der Waals surface area (Å²) in [6, 6.07) is 3.40. The number of nitrogens with one attached hydrogen (secondary N) is 1. The van der Waals surface area contributed by atoms with E-state index in [1.807, 2.05) is 0 Å². The highest BCUT2D eigenvalue weighted by Gasteiger charge is 2.56. The van der Waals surface area contributed by atoms with Gasteiger partial charge in [0.1, 0.15) is 42.8 Å². The van der Waals surface area contributed by atoms with Gasteiger partial charge in [-0.3, -0.25) is 34.1 Å². The minimum atomic E-state index is -1.77. The van der Waals surface area contributed by atoms with Gasteiger partial charge in [0.25, 0.3) is 5.69 Å². The molecule has 0 aromatic heterocycles. The molecule has 2 aliphatic heterocycles. The average molecular weight is 673 g/mol. The summed E-state index contributed by atoms with van der Waals surface area (Å²) in [4.78, 5) is 70.8. The summed E-state index contributed by atoms with van der Waals surface area (Å²) in [5, 5.41) is 34.9. The van der Waals surface area contributed by atoms with Gasteiger partial charge in [0.05, 0.1) is 11.5 Å². The number of benzene rings is 1. The lowest BCUT2D eigenvalue weighted by atomic mass is 9.95. The summed E-state index contributed by atoms with van der Waals surface area (Å²) in [5.41, 5.74) is -0.242. The number of rotatable bonds is 12. The van der Waals surface area contributed by atoms with Gasteiger partial charge in [0, 0.05) is 46.8 Å². The Labute approximate surface area is 267 Å². The highest BCUT2D eigenvalue weighted by atomic mass is 16.8. The first-order valence-corrected chi connectivity index (χ1v) is 14.2. The Balaban J connectivity index is 2.06. The lowest BCUT2D eigenvalue weighted by molar-refractivity contribution is -0.384. The van der Waals surface area contributed by atoms with Crippen molar-refractivity contribution in [2.75, 3.05) is 13.2 Å². The zero-order valence-electron chi connectivity index (χ0n) is 26.0. The van der Waals surface area contributed by atoms with Crippen LogP contribution in [0.1, 0.15) is 34.6 Å². The van der Waals surface area contributed by atoms with E-state index in [1.165, 1.54) is 12.1 Å². The van der Waals surface area contributed by atoms with Gasteiger partial charge in [0.2, 0.25) is 12.2 Å². The van der Waals surface area contributed by atoms with Gasteiger partial charge < -0.3 is 53.4 Å². The molecule has 19 heteroatoms. The Hall–Kier alpha value is -4.43. The van der Waals surface area contributed by atoms with Crippen LogP contribution in [0, 0.1) is 10.1 Å². The third-order valence-corrected chi connectivity index (χ3v) is 6.76. The second kappa shape index (κ2) is 16.4. The number of carbonyl (C=O) groups is 5. The van der Waals surface area contributed by atoms with Crippen molar-refractivity contribution in [2.45, 2.75) is 96.0 Å². The molecule has 0 saturated carbocycles. The predicted molar refractivity (Wildman–Crippen MR) is 150 cm³/mol. The highest BCUT2D eigenvalue weighted by Crippen LogP contribution is 2.34. The zero-order chi connectivity index (χ0) is 35.0. The van der Waals surface area contributed by atoms with Crippen molar-refractivity contribution >= 4 is 35.5 Å². The molecule has 1 amide bonds. The van der Waals surface area contributed by atoms with Crippen LogP contribution in [0.3, 0.4) is 0 Å². The third kappa shape index (κ3) is 10.0. The summed E-state index contributed by atoms with van der Waals surface area (Å²) in [5.74, 6) is -4.03. The molecule has 2 fully saturated rings. The SMILES string of the molecule is CC(=O)NC1C(O[C@@H]2OC(COC(C)=O)[C@H](OC(C)=O)C(OC(C)=O)C2OC(C)=O)[C@@H](O)C(CO)O[C@@H]1Oc1ccc([N+](=O)[O-])cc1. The first-order valence-electron chi connectivity index (χ1n) is 14.2. The van der Waals surface area contributed by atoms with E-state index in [2.05, 4.69) is 5.32 Å². The highest BCUT2D eigenvalue weighted by molar-refractivity contribution is 5.73. The number of amides is 1. The van der Waals surface area contributed by atoms with Crippen molar-refractivity contribution in [3.63, 3.8) is 0 Å². The maximum atomic E-state index is 12.3. The average Bonchev–Trinajstić information content (AvgIpc) is 2.97. The van der Waals surface area contributed by atoms with E-state index >= 15 is 0 Å². The lowest BCUT2D eigenvalue weighted by Crippen LogP contribution is -2.69. The van der Waals surface area contributed by atoms with Crippen molar-refractivity contribution in [1.82, 2.24) is 5.32 Å². The van der Waals surface area contributed by atoms with Crippen LogP contribution in [-0.2, 0) is 57.1 Å². The number of nitrogens with zero attached hydrogens (tertiary/aromatic N) is 1. The van der Waals surface area contributed by atoms with E-state index in [-0.39, 0.29) is 11.4 Å². The van der Waals surface area contributed by atoms with Crippen LogP contribution in [0.2, 0.25) is 0 Å². The largest absolute Gasteiger partial charge is 0.463 e. The fraction of sp³-hybridized carbons (Fsp3) is 0.607. The van der Waals surface area contributed by atoms with Crippen LogP contribution in [0.4, 0.5) is 5.69 Å². The zero-order valence-corrected chi connectivity index (χ0v) is 26.0. The van der Waals surface area contributed by atoms with Crippen LogP contribution in [0.15, 0.2) is 24.3 Å². The van der Waals surface area contributed by atoms with Gasteiger partial charge in [-0.05, 0) is 12.1 Å². The molecule has 47 heavy (non-hydrogen) atoms. The Bertz CT molecular complexity index is 1310. The minimum absolute atomic E-state index is 0.0371. The van der Waals surface area contributed by atoms with Crippen LogP contribution < -0.4 is 10.1 Å². The molecule has 19 nitrogen and oxygen atoms in total. The summed E-state index contributed by atoms with van der Waals surface area (Å²) in [6.45, 7) is 3.99. The van der Waals surface area contributed by atoms with Gasteiger partial charge >= 0.3 is 23.9 Å². The van der Waals surface area contributed by atoms with Crippen LogP contribution in [0.25, 0.3) is 0 Å². The fourth-order valence-electron chi connectivity index (χ4n) is 4.95. The van der Waals surface area contributed by atoms with E-state index in [0.717, 1.165) is 46.8 Å². The number of hydrogen-bond donors (Lipinski definition) is 3. The number of aliphatic hydroxyl groups excluding tert-OH is 2. The van der Waals surface area contributed by atoms with Crippen LogP contribution >= 0.6 is 0 Å². The molecule has 0 spiro atoms. The number of esters is 4. The summed E-state index contributed by atoms with van der Waals surface area (Å²) >= 11 is 0. The molecule has 2 heterocycles. The number of hydrogen-bond acceptors (Lipinski definition) is 17. The topological polar surface area (TPSA) is 255 Å². The molecule has 0 aliphatic carbocycles. The smallest absolute Gasteiger partial charge is 0.303 e. The molecule has 260 valence electrons. The maximum Gasteiger partial charge on any atom is 0.303 e. The quantitative estimate of drug-likeness (QED) is 0.104. The molecule has 10 atom stereocenters. The summed E-state index contributed by atoms with van der Waals surface area (Å²) < 4.78 is 44.8. The third-order valence-electron chi connectivity index (χ3n) is 6.76. The fourth-order valence-corrected chi connectivity index (χ4v) is 4.95.